The first-order valence-electron chi connectivity index (χ1n) is 20.8. The van der Waals surface area contributed by atoms with Crippen molar-refractivity contribution in [1.29, 1.82) is 0 Å². The second-order valence-electron chi connectivity index (χ2n) is 18.3. The first-order valence-corrected chi connectivity index (χ1v) is 20.8. The van der Waals surface area contributed by atoms with Crippen LogP contribution in [0.1, 0.15) is 63.8 Å². The number of rotatable bonds is 6. The average Bonchev–Trinajstić information content (AvgIpc) is 3.56. The molecule has 61 heavy (non-hydrogen) atoms. The Labute approximate surface area is 374 Å². The Hall–Kier alpha value is -6.09. The molecule has 5 heteroatoms. The van der Waals surface area contributed by atoms with Crippen LogP contribution in [0.2, 0.25) is 0 Å². The van der Waals surface area contributed by atoms with E-state index in [1.165, 1.54) is 44.2 Å². The SMILES string of the molecule is Cc1cc(C)cc(-n2c3ccccc3c3cc(-c4cccnc4-c4[c-]c(-c5cc(-c6cc(C(C)(C)C)cc(C(C)(C)C)c6)cc(-c6ccccc6O)n5)ccc4)ccc32)c1.[Pt]. The molecule has 0 aliphatic rings. The Morgan fingerprint density at radius 3 is 1.87 bits per heavy atom. The molecule has 0 fully saturated rings. The number of hydrogen-bond acceptors (Lipinski definition) is 3. The molecule has 0 bridgehead atoms. The van der Waals surface area contributed by atoms with E-state index in [2.05, 4.69) is 181 Å². The van der Waals surface area contributed by atoms with Crippen LogP contribution in [0.4, 0.5) is 0 Å². The third-order valence-electron chi connectivity index (χ3n) is 11.6. The van der Waals surface area contributed by atoms with Crippen molar-refractivity contribution in [3.8, 4) is 67.5 Å². The van der Waals surface area contributed by atoms with Crippen molar-refractivity contribution in [2.45, 2.75) is 66.2 Å². The summed E-state index contributed by atoms with van der Waals surface area (Å²) in [5.74, 6) is 0.192. The summed E-state index contributed by atoms with van der Waals surface area (Å²) in [4.78, 5) is 10.2. The van der Waals surface area contributed by atoms with Crippen molar-refractivity contribution in [3.63, 3.8) is 0 Å². The minimum atomic E-state index is -0.0450. The maximum Gasteiger partial charge on any atom is 0.124 e. The van der Waals surface area contributed by atoms with Gasteiger partial charge in [-0.3, -0.25) is 9.97 Å². The van der Waals surface area contributed by atoms with E-state index in [4.69, 9.17) is 9.97 Å². The van der Waals surface area contributed by atoms with Gasteiger partial charge in [-0.2, -0.15) is 0 Å². The molecule has 0 radical (unpaired) electrons. The standard InChI is InChI=1S/C56H50N3O.Pt/c1-35-25-36(2)27-44(26-35)59-51-20-11-9-17-46(51)48-31-37(22-23-52(48)59)45-19-14-24-57-54(45)39-16-13-15-38(28-39)49-32-41(33-50(58-49)47-18-10-12-21-53(47)60)40-29-42(55(3,4)5)34-43(30-40)56(6,7)8;/h9-27,29-34,60H,1-8H3;/q-1;. The van der Waals surface area contributed by atoms with E-state index < -0.39 is 0 Å². The maximum atomic E-state index is 11.1. The summed E-state index contributed by atoms with van der Waals surface area (Å²) in [6.07, 6.45) is 1.86. The number of nitrogens with zero attached hydrogens (tertiary/aromatic N) is 3. The zero-order valence-electron chi connectivity index (χ0n) is 36.0. The zero-order valence-corrected chi connectivity index (χ0v) is 38.3. The van der Waals surface area contributed by atoms with Crippen molar-refractivity contribution in [1.82, 2.24) is 14.5 Å². The average molecular weight is 976 g/mol. The number of aromatic hydroxyl groups is 1. The normalized spacial score (nSPS) is 11.9. The molecule has 0 spiro atoms. The Morgan fingerprint density at radius 2 is 1.15 bits per heavy atom. The number of benzene rings is 6. The smallest absolute Gasteiger partial charge is 0.124 e. The number of hydrogen-bond donors (Lipinski definition) is 1. The van der Waals surface area contributed by atoms with E-state index in [-0.39, 0.29) is 37.6 Å². The second-order valence-corrected chi connectivity index (χ2v) is 18.3. The summed E-state index contributed by atoms with van der Waals surface area (Å²) < 4.78 is 2.38. The molecule has 0 saturated carbocycles. The number of fused-ring (bicyclic) bond motifs is 3. The molecule has 0 aliphatic heterocycles. The molecule has 0 atom stereocenters. The number of phenols is 1. The van der Waals surface area contributed by atoms with Crippen molar-refractivity contribution in [2.24, 2.45) is 0 Å². The largest absolute Gasteiger partial charge is 0.507 e. The Bertz CT molecular complexity index is 3050. The molecule has 3 heterocycles. The molecule has 0 saturated heterocycles. The van der Waals surface area contributed by atoms with E-state index in [0.29, 0.717) is 11.3 Å². The predicted octanol–water partition coefficient (Wildman–Crippen LogP) is 14.6. The van der Waals surface area contributed by atoms with E-state index >= 15 is 0 Å². The van der Waals surface area contributed by atoms with Gasteiger partial charge in [0.25, 0.3) is 0 Å². The van der Waals surface area contributed by atoms with E-state index in [0.717, 1.165) is 50.3 Å². The topological polar surface area (TPSA) is 50.9 Å². The van der Waals surface area contributed by atoms with E-state index in [1.807, 2.05) is 30.5 Å². The molecule has 0 unspecified atom stereocenters. The van der Waals surface area contributed by atoms with Crippen molar-refractivity contribution < 1.29 is 26.2 Å². The van der Waals surface area contributed by atoms with Crippen LogP contribution < -0.4 is 0 Å². The van der Waals surface area contributed by atoms with Crippen LogP contribution in [0, 0.1) is 19.9 Å². The third kappa shape index (κ3) is 8.10. The molecule has 1 N–H and O–H groups in total. The molecule has 0 amide bonds. The minimum absolute atomic E-state index is 0. The summed E-state index contributed by atoms with van der Waals surface area (Å²) in [5, 5.41) is 13.5. The van der Waals surface area contributed by atoms with Gasteiger partial charge in [-0.05, 0) is 124 Å². The Morgan fingerprint density at radius 1 is 0.525 bits per heavy atom. The summed E-state index contributed by atoms with van der Waals surface area (Å²) in [5.41, 5.74) is 17.4. The van der Waals surface area contributed by atoms with Gasteiger partial charge in [-0.15, -0.1) is 24.3 Å². The molecule has 306 valence electrons. The zero-order chi connectivity index (χ0) is 41.9. The Kier molecular flexibility index (Phi) is 11.0. The van der Waals surface area contributed by atoms with Gasteiger partial charge in [0.1, 0.15) is 5.75 Å². The van der Waals surface area contributed by atoms with E-state index in [1.54, 1.807) is 6.07 Å². The van der Waals surface area contributed by atoms with Crippen LogP contribution in [0.15, 0.2) is 152 Å². The van der Waals surface area contributed by atoms with Crippen LogP contribution in [0.3, 0.4) is 0 Å². The molecule has 9 rings (SSSR count). The van der Waals surface area contributed by atoms with Crippen molar-refractivity contribution >= 4 is 21.8 Å². The van der Waals surface area contributed by atoms with Gasteiger partial charge in [-0.25, -0.2) is 0 Å². The fourth-order valence-electron chi connectivity index (χ4n) is 8.43. The quantitative estimate of drug-likeness (QED) is 0.169. The van der Waals surface area contributed by atoms with Crippen molar-refractivity contribution in [2.75, 3.05) is 0 Å². The first kappa shape index (κ1) is 41.6. The van der Waals surface area contributed by atoms with Gasteiger partial charge in [0.05, 0.1) is 16.7 Å². The van der Waals surface area contributed by atoms with Gasteiger partial charge in [0.2, 0.25) is 0 Å². The van der Waals surface area contributed by atoms with Gasteiger partial charge in [0.15, 0.2) is 0 Å². The summed E-state index contributed by atoms with van der Waals surface area (Å²) in [6, 6.07) is 54.9. The van der Waals surface area contributed by atoms with Gasteiger partial charge >= 0.3 is 0 Å². The van der Waals surface area contributed by atoms with E-state index in [9.17, 15) is 5.11 Å². The van der Waals surface area contributed by atoms with Crippen LogP contribution in [-0.2, 0) is 31.9 Å². The number of aromatic nitrogens is 3. The predicted molar refractivity (Wildman–Crippen MR) is 251 cm³/mol. The maximum absolute atomic E-state index is 11.1. The van der Waals surface area contributed by atoms with Crippen LogP contribution >= 0.6 is 0 Å². The fraction of sp³-hybridized carbons (Fsp3) is 0.179. The molecule has 6 aromatic carbocycles. The first-order chi connectivity index (χ1) is 28.7. The Balaban J connectivity index is 0.00000514. The number of aryl methyl sites for hydroxylation is 2. The fourth-order valence-corrected chi connectivity index (χ4v) is 8.43. The van der Waals surface area contributed by atoms with Gasteiger partial charge < -0.3 is 9.67 Å². The number of pyridine rings is 2. The molecular formula is C56H50N3OPt-. The minimum Gasteiger partial charge on any atom is -0.507 e. The summed E-state index contributed by atoms with van der Waals surface area (Å²) in [6.45, 7) is 17.9. The van der Waals surface area contributed by atoms with Crippen LogP contribution in [0.25, 0.3) is 83.5 Å². The molecule has 0 aliphatic carbocycles. The third-order valence-corrected chi connectivity index (χ3v) is 11.6. The second kappa shape index (κ2) is 16.1. The summed E-state index contributed by atoms with van der Waals surface area (Å²) >= 11 is 0. The van der Waals surface area contributed by atoms with Crippen LogP contribution in [-0.4, -0.2) is 19.6 Å². The van der Waals surface area contributed by atoms with Gasteiger partial charge in [-0.1, -0.05) is 125 Å². The van der Waals surface area contributed by atoms with Crippen LogP contribution in [0.5, 0.6) is 5.75 Å². The molecule has 4 nitrogen and oxygen atoms in total. The number of para-hydroxylation sites is 2. The molecular weight excluding hydrogens is 926 g/mol. The number of phenolic OH excluding ortho intramolecular Hbond substituents is 1. The van der Waals surface area contributed by atoms with Crippen molar-refractivity contribution in [3.05, 3.63) is 180 Å². The van der Waals surface area contributed by atoms with Gasteiger partial charge in [0, 0.05) is 60.7 Å². The summed E-state index contributed by atoms with van der Waals surface area (Å²) in [7, 11) is 0. The molecule has 3 aromatic heterocycles. The molecule has 9 aromatic rings. The monoisotopic (exact) mass is 975 g/mol.